The van der Waals surface area contributed by atoms with Crippen LogP contribution in [-0.4, -0.2) is 16.4 Å². The summed E-state index contributed by atoms with van der Waals surface area (Å²) in [4.78, 5) is 0. The first-order chi connectivity index (χ1) is 10.1. The van der Waals surface area contributed by atoms with Gasteiger partial charge in [-0.3, -0.25) is 0 Å². The first-order valence-corrected chi connectivity index (χ1v) is 7.11. The predicted octanol–water partition coefficient (Wildman–Crippen LogP) is 3.39. The maximum atomic E-state index is 4.53. The van der Waals surface area contributed by atoms with Crippen LogP contribution in [0, 0.1) is 0 Å². The zero-order valence-electron chi connectivity index (χ0n) is 12.6. The van der Waals surface area contributed by atoms with Crippen molar-refractivity contribution < 1.29 is 0 Å². The van der Waals surface area contributed by atoms with Crippen LogP contribution in [0.25, 0.3) is 0 Å². The molecular weight excluding hydrogens is 260 g/mol. The van der Waals surface area contributed by atoms with E-state index >= 15 is 0 Å². The summed E-state index contributed by atoms with van der Waals surface area (Å²) < 4.78 is 0. The average Bonchev–Trinajstić information content (AvgIpc) is 2.94. The van der Waals surface area contributed by atoms with Crippen LogP contribution in [0.15, 0.2) is 65.8 Å². The summed E-state index contributed by atoms with van der Waals surface area (Å²) >= 11 is 0. The second-order valence-electron chi connectivity index (χ2n) is 6.03. The van der Waals surface area contributed by atoms with E-state index in [2.05, 4.69) is 60.7 Å². The van der Waals surface area contributed by atoms with Gasteiger partial charge in [-0.1, -0.05) is 48.5 Å². The maximum Gasteiger partial charge on any atom is 0.178 e. The molecule has 21 heavy (non-hydrogen) atoms. The smallest absolute Gasteiger partial charge is 0.178 e. The molecule has 0 unspecified atom stereocenters. The Labute approximate surface area is 125 Å². The monoisotopic (exact) mass is 280 g/mol. The number of hydrogen-bond donors (Lipinski definition) is 1. The molecule has 0 bridgehead atoms. The summed E-state index contributed by atoms with van der Waals surface area (Å²) in [5.74, 6) is 0.923. The molecule has 0 saturated heterocycles. The highest BCUT2D eigenvalue weighted by atomic mass is 15.9. The highest BCUT2D eigenvalue weighted by Crippen LogP contribution is 2.27. The molecule has 1 N–H and O–H groups in total. The SMILES string of the molecule is CC(C)(C)N1C(c2ccccc2)=NNN1c1ccccc1. The van der Waals surface area contributed by atoms with Gasteiger partial charge in [0.15, 0.2) is 5.84 Å². The van der Waals surface area contributed by atoms with Crippen LogP contribution in [0.2, 0.25) is 0 Å². The zero-order valence-corrected chi connectivity index (χ0v) is 12.6. The van der Waals surface area contributed by atoms with Crippen LogP contribution in [0.4, 0.5) is 5.69 Å². The highest BCUT2D eigenvalue weighted by molar-refractivity contribution is 6.00. The van der Waals surface area contributed by atoms with Crippen molar-refractivity contribution in [3.63, 3.8) is 0 Å². The van der Waals surface area contributed by atoms with Gasteiger partial charge in [0.25, 0.3) is 0 Å². The molecule has 1 aliphatic rings. The van der Waals surface area contributed by atoms with E-state index in [-0.39, 0.29) is 5.54 Å². The highest BCUT2D eigenvalue weighted by Gasteiger charge is 2.35. The van der Waals surface area contributed by atoms with Crippen molar-refractivity contribution >= 4 is 11.5 Å². The molecule has 3 rings (SSSR count). The Balaban J connectivity index is 2.00. The van der Waals surface area contributed by atoms with E-state index in [1.807, 2.05) is 41.5 Å². The largest absolute Gasteiger partial charge is 0.240 e. The number of nitrogens with zero attached hydrogens (tertiary/aromatic N) is 3. The summed E-state index contributed by atoms with van der Waals surface area (Å²) in [6.45, 7) is 6.52. The van der Waals surface area contributed by atoms with Crippen LogP contribution in [0.1, 0.15) is 26.3 Å². The van der Waals surface area contributed by atoms with E-state index in [1.54, 1.807) is 0 Å². The third-order valence-electron chi connectivity index (χ3n) is 3.32. The Morgan fingerprint density at radius 3 is 2.00 bits per heavy atom. The van der Waals surface area contributed by atoms with E-state index in [0.717, 1.165) is 17.1 Å². The fourth-order valence-electron chi connectivity index (χ4n) is 2.42. The van der Waals surface area contributed by atoms with Crippen molar-refractivity contribution in [2.75, 3.05) is 5.12 Å². The van der Waals surface area contributed by atoms with Gasteiger partial charge in [0.1, 0.15) is 0 Å². The van der Waals surface area contributed by atoms with E-state index in [4.69, 9.17) is 0 Å². The molecular formula is C17H20N4. The topological polar surface area (TPSA) is 30.9 Å². The molecule has 0 aliphatic carbocycles. The minimum Gasteiger partial charge on any atom is -0.240 e. The molecule has 4 nitrogen and oxygen atoms in total. The first kappa shape index (κ1) is 13.5. The number of rotatable bonds is 2. The molecule has 2 aromatic rings. The van der Waals surface area contributed by atoms with Crippen molar-refractivity contribution in [3.05, 3.63) is 66.2 Å². The summed E-state index contributed by atoms with van der Waals surface area (Å²) in [5.41, 5.74) is 5.18. The Morgan fingerprint density at radius 2 is 1.43 bits per heavy atom. The van der Waals surface area contributed by atoms with E-state index < -0.39 is 0 Å². The number of hydrogen-bond acceptors (Lipinski definition) is 4. The summed E-state index contributed by atoms with van der Waals surface area (Å²) in [6, 6.07) is 20.4. The minimum absolute atomic E-state index is 0.103. The molecule has 0 spiro atoms. The normalized spacial score (nSPS) is 14.9. The van der Waals surface area contributed by atoms with Gasteiger partial charge < -0.3 is 0 Å². The van der Waals surface area contributed by atoms with Crippen molar-refractivity contribution in [1.82, 2.24) is 10.5 Å². The Morgan fingerprint density at radius 1 is 0.857 bits per heavy atom. The van der Waals surface area contributed by atoms with Crippen molar-refractivity contribution in [2.45, 2.75) is 26.3 Å². The number of hydrazone groups is 1. The molecule has 0 atom stereocenters. The average molecular weight is 280 g/mol. The Kier molecular flexibility index (Phi) is 3.29. The van der Waals surface area contributed by atoms with Crippen molar-refractivity contribution in [3.8, 4) is 0 Å². The molecule has 1 aliphatic heterocycles. The predicted molar refractivity (Wildman–Crippen MR) is 86.6 cm³/mol. The van der Waals surface area contributed by atoms with E-state index in [0.29, 0.717) is 0 Å². The number of amidine groups is 1. The molecule has 108 valence electrons. The van der Waals surface area contributed by atoms with Gasteiger partial charge in [-0.05, 0) is 32.9 Å². The second-order valence-corrected chi connectivity index (χ2v) is 6.03. The lowest BCUT2D eigenvalue weighted by Crippen LogP contribution is -2.55. The van der Waals surface area contributed by atoms with Gasteiger partial charge in [-0.15, -0.1) is 5.10 Å². The number of anilines is 1. The van der Waals surface area contributed by atoms with Crippen molar-refractivity contribution in [1.29, 1.82) is 0 Å². The molecule has 1 heterocycles. The van der Waals surface area contributed by atoms with Gasteiger partial charge in [0.05, 0.1) is 11.2 Å². The molecule has 0 saturated carbocycles. The standard InChI is InChI=1S/C17H20N4/c1-17(2,3)20-16(14-10-6-4-7-11-14)18-19-21(20)15-12-8-5-9-13-15/h4-13,19H,1-3H3. The quantitative estimate of drug-likeness (QED) is 0.915. The lowest BCUT2D eigenvalue weighted by Gasteiger charge is -2.40. The fraction of sp³-hybridized carbons (Fsp3) is 0.235. The Hall–Kier alpha value is -2.49. The number of nitrogens with one attached hydrogen (secondary N) is 1. The van der Waals surface area contributed by atoms with Gasteiger partial charge in [0, 0.05) is 5.56 Å². The number of hydrazine groups is 2. The molecule has 0 radical (unpaired) electrons. The van der Waals surface area contributed by atoms with E-state index in [9.17, 15) is 0 Å². The third-order valence-corrected chi connectivity index (χ3v) is 3.32. The van der Waals surface area contributed by atoms with Crippen LogP contribution in [-0.2, 0) is 0 Å². The van der Waals surface area contributed by atoms with Crippen LogP contribution in [0.5, 0.6) is 0 Å². The van der Waals surface area contributed by atoms with Gasteiger partial charge >= 0.3 is 0 Å². The number of benzene rings is 2. The minimum atomic E-state index is -0.103. The number of para-hydroxylation sites is 1. The van der Waals surface area contributed by atoms with Gasteiger partial charge in [-0.25, -0.2) is 5.01 Å². The Bertz CT molecular complexity index is 629. The van der Waals surface area contributed by atoms with Crippen LogP contribution < -0.4 is 10.7 Å². The van der Waals surface area contributed by atoms with Crippen LogP contribution in [0.3, 0.4) is 0 Å². The lowest BCUT2D eigenvalue weighted by atomic mass is 10.1. The molecule has 4 heteroatoms. The summed E-state index contributed by atoms with van der Waals surface area (Å²) in [5, 5.41) is 8.70. The summed E-state index contributed by atoms with van der Waals surface area (Å²) in [7, 11) is 0. The summed E-state index contributed by atoms with van der Waals surface area (Å²) in [6.07, 6.45) is 0. The molecule has 0 fully saturated rings. The lowest BCUT2D eigenvalue weighted by molar-refractivity contribution is 0.217. The van der Waals surface area contributed by atoms with Gasteiger partial charge in [0.2, 0.25) is 0 Å². The first-order valence-electron chi connectivity index (χ1n) is 7.11. The van der Waals surface area contributed by atoms with Gasteiger partial charge in [-0.2, -0.15) is 10.7 Å². The zero-order chi connectivity index (χ0) is 14.9. The maximum absolute atomic E-state index is 4.53. The van der Waals surface area contributed by atoms with Crippen LogP contribution >= 0.6 is 0 Å². The molecule has 2 aromatic carbocycles. The molecule has 0 aromatic heterocycles. The van der Waals surface area contributed by atoms with Crippen molar-refractivity contribution in [2.24, 2.45) is 5.10 Å². The second kappa shape index (κ2) is 5.13. The molecule has 0 amide bonds. The third kappa shape index (κ3) is 2.57. The van der Waals surface area contributed by atoms with E-state index in [1.165, 1.54) is 0 Å². The fourth-order valence-corrected chi connectivity index (χ4v) is 2.42.